The van der Waals surface area contributed by atoms with Crippen LogP contribution in [0.25, 0.3) is 22.3 Å². The second kappa shape index (κ2) is 9.76. The fourth-order valence-corrected chi connectivity index (χ4v) is 4.25. The number of ether oxygens (including phenoxy) is 2. The lowest BCUT2D eigenvalue weighted by Gasteiger charge is -2.39. The molecule has 0 amide bonds. The van der Waals surface area contributed by atoms with E-state index in [0.29, 0.717) is 33.7 Å². The number of rotatable bonds is 6. The van der Waals surface area contributed by atoms with E-state index in [1.165, 1.54) is 15.4 Å². The molecule has 0 aliphatic carbocycles. The van der Waals surface area contributed by atoms with E-state index in [4.69, 9.17) is 14.5 Å². The minimum absolute atomic E-state index is 0.00938. The van der Waals surface area contributed by atoms with Crippen molar-refractivity contribution in [1.29, 1.82) is 0 Å². The molecular formula is C24H25N5O7. The van der Waals surface area contributed by atoms with Crippen LogP contribution in [0.4, 0.5) is 0 Å². The standard InChI is InChI=1S/C24H25N5O7/c1-35-15-8-6-13(7-9-15)22-25-17-5-3-2-4-16(17)23(34)28(22)10-14-11-29(27-26-14)24-21(33)20(32)19(31)18(12-30)36-24/h2-9,11,18-21,24,30-33H,10,12H2,1H3/t18-,19+,20+,21-,24-/m1/s1. The third-order valence-corrected chi connectivity index (χ3v) is 6.22. The Labute approximate surface area is 204 Å². The minimum atomic E-state index is -1.55. The largest absolute Gasteiger partial charge is 0.497 e. The number of nitrogens with zero attached hydrogens (tertiary/aromatic N) is 5. The van der Waals surface area contributed by atoms with Crippen molar-refractivity contribution in [3.05, 3.63) is 70.8 Å². The molecule has 2 aromatic heterocycles. The Kier molecular flexibility index (Phi) is 6.51. The zero-order valence-electron chi connectivity index (χ0n) is 19.2. The summed E-state index contributed by atoms with van der Waals surface area (Å²) < 4.78 is 13.4. The van der Waals surface area contributed by atoms with Crippen molar-refractivity contribution in [3.8, 4) is 17.1 Å². The van der Waals surface area contributed by atoms with Gasteiger partial charge in [-0.15, -0.1) is 5.10 Å². The highest BCUT2D eigenvalue weighted by Crippen LogP contribution is 2.28. The Bertz CT molecular complexity index is 1420. The maximum Gasteiger partial charge on any atom is 0.262 e. The van der Waals surface area contributed by atoms with Gasteiger partial charge in [-0.2, -0.15) is 0 Å². The summed E-state index contributed by atoms with van der Waals surface area (Å²) in [7, 11) is 1.57. The Hall–Kier alpha value is -3.68. The fraction of sp³-hybridized carbons (Fsp3) is 0.333. The number of methoxy groups -OCH3 is 1. The first-order valence-corrected chi connectivity index (χ1v) is 11.3. The van der Waals surface area contributed by atoms with Crippen molar-refractivity contribution in [3.63, 3.8) is 0 Å². The summed E-state index contributed by atoms with van der Waals surface area (Å²) in [4.78, 5) is 18.2. The number of fused-ring (bicyclic) bond motifs is 1. The first kappa shape index (κ1) is 24.0. The average Bonchev–Trinajstić information content (AvgIpc) is 3.37. The Morgan fingerprint density at radius 1 is 1.03 bits per heavy atom. The minimum Gasteiger partial charge on any atom is -0.497 e. The van der Waals surface area contributed by atoms with Gasteiger partial charge in [-0.1, -0.05) is 17.3 Å². The number of aromatic nitrogens is 5. The molecule has 1 aliphatic heterocycles. The summed E-state index contributed by atoms with van der Waals surface area (Å²) in [5, 5.41) is 48.5. The molecule has 0 spiro atoms. The summed E-state index contributed by atoms with van der Waals surface area (Å²) in [6.07, 6.45) is -5.38. The molecule has 0 radical (unpaired) electrons. The van der Waals surface area contributed by atoms with Crippen LogP contribution in [-0.4, -0.2) is 83.1 Å². The number of para-hydroxylation sites is 1. The maximum atomic E-state index is 13.5. The SMILES string of the molecule is COc1ccc(-c2nc3ccccc3c(=O)n2Cc2cn([C@@H]3O[C@H](CO)[C@H](O)[C@H](O)[C@H]3O)nn2)cc1. The third-order valence-electron chi connectivity index (χ3n) is 6.22. The van der Waals surface area contributed by atoms with E-state index >= 15 is 0 Å². The molecule has 0 unspecified atom stereocenters. The van der Waals surface area contributed by atoms with E-state index in [1.807, 2.05) is 6.07 Å². The molecule has 12 nitrogen and oxygen atoms in total. The number of aliphatic hydroxyl groups is 4. The van der Waals surface area contributed by atoms with Gasteiger partial charge in [-0.05, 0) is 36.4 Å². The molecule has 1 fully saturated rings. The predicted octanol–water partition coefficient (Wildman–Crippen LogP) is -0.316. The quantitative estimate of drug-likeness (QED) is 0.279. The molecule has 1 aliphatic rings. The van der Waals surface area contributed by atoms with Gasteiger partial charge in [0.2, 0.25) is 0 Å². The highest BCUT2D eigenvalue weighted by Gasteiger charge is 2.44. The molecule has 5 rings (SSSR count). The van der Waals surface area contributed by atoms with Crippen LogP contribution in [0, 0.1) is 0 Å². The summed E-state index contributed by atoms with van der Waals surface area (Å²) in [5.41, 5.74) is 1.34. The zero-order valence-corrected chi connectivity index (χ0v) is 19.2. The Morgan fingerprint density at radius 3 is 2.50 bits per heavy atom. The van der Waals surface area contributed by atoms with Crippen molar-refractivity contribution in [2.75, 3.05) is 13.7 Å². The highest BCUT2D eigenvalue weighted by molar-refractivity contribution is 5.79. The summed E-state index contributed by atoms with van der Waals surface area (Å²) in [5.74, 6) is 1.08. The van der Waals surface area contributed by atoms with Crippen LogP contribution in [-0.2, 0) is 11.3 Å². The van der Waals surface area contributed by atoms with Gasteiger partial charge >= 0.3 is 0 Å². The lowest BCUT2D eigenvalue weighted by atomic mass is 9.98. The van der Waals surface area contributed by atoms with Gasteiger partial charge < -0.3 is 29.9 Å². The second-order valence-corrected chi connectivity index (χ2v) is 8.48. The van der Waals surface area contributed by atoms with Crippen molar-refractivity contribution < 1.29 is 29.9 Å². The smallest absolute Gasteiger partial charge is 0.262 e. The van der Waals surface area contributed by atoms with Crippen LogP contribution in [0.3, 0.4) is 0 Å². The van der Waals surface area contributed by atoms with Gasteiger partial charge in [0, 0.05) is 5.56 Å². The van der Waals surface area contributed by atoms with Gasteiger partial charge in [0.1, 0.15) is 41.7 Å². The Balaban J connectivity index is 1.53. The van der Waals surface area contributed by atoms with E-state index in [2.05, 4.69) is 10.3 Å². The van der Waals surface area contributed by atoms with Crippen molar-refractivity contribution in [2.24, 2.45) is 0 Å². The second-order valence-electron chi connectivity index (χ2n) is 8.48. The van der Waals surface area contributed by atoms with Gasteiger partial charge in [0.15, 0.2) is 6.23 Å². The predicted molar refractivity (Wildman–Crippen MR) is 126 cm³/mol. The van der Waals surface area contributed by atoms with E-state index in [-0.39, 0.29) is 12.1 Å². The van der Waals surface area contributed by atoms with Crippen LogP contribution in [0.2, 0.25) is 0 Å². The van der Waals surface area contributed by atoms with Crippen molar-refractivity contribution in [1.82, 2.24) is 24.5 Å². The molecule has 36 heavy (non-hydrogen) atoms. The monoisotopic (exact) mass is 495 g/mol. The van der Waals surface area contributed by atoms with E-state index in [9.17, 15) is 25.2 Å². The number of hydrogen-bond acceptors (Lipinski definition) is 10. The molecule has 5 atom stereocenters. The molecule has 188 valence electrons. The first-order chi connectivity index (χ1) is 17.4. The maximum absolute atomic E-state index is 13.5. The van der Waals surface area contributed by atoms with Crippen LogP contribution in [0.1, 0.15) is 11.9 Å². The van der Waals surface area contributed by atoms with Crippen molar-refractivity contribution in [2.45, 2.75) is 37.2 Å². The van der Waals surface area contributed by atoms with Gasteiger partial charge in [-0.3, -0.25) is 9.36 Å². The van der Waals surface area contributed by atoms with Crippen molar-refractivity contribution >= 4 is 10.9 Å². The molecule has 0 bridgehead atoms. The van der Waals surface area contributed by atoms with Crippen LogP contribution in [0.5, 0.6) is 5.75 Å². The van der Waals surface area contributed by atoms with Crippen LogP contribution >= 0.6 is 0 Å². The molecule has 2 aromatic carbocycles. The molecule has 0 saturated carbocycles. The van der Waals surface area contributed by atoms with E-state index in [1.54, 1.807) is 49.6 Å². The molecule has 4 aromatic rings. The van der Waals surface area contributed by atoms with Crippen LogP contribution in [0.15, 0.2) is 59.5 Å². The van der Waals surface area contributed by atoms with E-state index < -0.39 is 37.3 Å². The Morgan fingerprint density at radius 2 is 1.78 bits per heavy atom. The zero-order chi connectivity index (χ0) is 25.4. The number of hydrogen-bond donors (Lipinski definition) is 4. The molecule has 1 saturated heterocycles. The van der Waals surface area contributed by atoms with Gasteiger partial charge in [-0.25, -0.2) is 9.67 Å². The summed E-state index contributed by atoms with van der Waals surface area (Å²) in [6.45, 7) is -0.554. The third kappa shape index (κ3) is 4.25. The first-order valence-electron chi connectivity index (χ1n) is 11.3. The molecule has 3 heterocycles. The van der Waals surface area contributed by atoms with Gasteiger partial charge in [0.25, 0.3) is 5.56 Å². The van der Waals surface area contributed by atoms with E-state index in [0.717, 1.165) is 0 Å². The normalized spacial score (nSPS) is 24.2. The lowest BCUT2D eigenvalue weighted by molar-refractivity contribution is -0.254. The number of benzene rings is 2. The van der Waals surface area contributed by atoms with Gasteiger partial charge in [0.05, 0.1) is 37.4 Å². The summed E-state index contributed by atoms with van der Waals surface area (Å²) >= 11 is 0. The topological polar surface area (TPSA) is 165 Å². The molecular weight excluding hydrogens is 470 g/mol. The average molecular weight is 495 g/mol. The van der Waals surface area contributed by atoms with Crippen LogP contribution < -0.4 is 10.3 Å². The highest BCUT2D eigenvalue weighted by atomic mass is 16.6. The summed E-state index contributed by atoms with van der Waals surface area (Å²) in [6, 6.07) is 14.2. The molecule has 12 heteroatoms. The molecule has 4 N–H and O–H groups in total. The fourth-order valence-electron chi connectivity index (χ4n) is 4.25. The number of aliphatic hydroxyl groups excluding tert-OH is 4. The lowest BCUT2D eigenvalue weighted by Crippen LogP contribution is -2.56.